The molecule has 2 rings (SSSR count). The van der Waals surface area contributed by atoms with Gasteiger partial charge in [-0.05, 0) is 24.1 Å². The minimum absolute atomic E-state index is 0.117. The van der Waals surface area contributed by atoms with E-state index in [1.165, 1.54) is 0 Å². The van der Waals surface area contributed by atoms with Crippen molar-refractivity contribution in [3.8, 4) is 11.5 Å². The van der Waals surface area contributed by atoms with E-state index < -0.39 is 12.0 Å². The van der Waals surface area contributed by atoms with Gasteiger partial charge in [0.25, 0.3) is 0 Å². The van der Waals surface area contributed by atoms with E-state index in [-0.39, 0.29) is 13.2 Å². The molecule has 5 nitrogen and oxygen atoms in total. The highest BCUT2D eigenvalue weighted by atomic mass is 35.5. The lowest BCUT2D eigenvalue weighted by atomic mass is 9.98. The quantitative estimate of drug-likeness (QED) is 0.864. The van der Waals surface area contributed by atoms with Crippen LogP contribution in [0.5, 0.6) is 11.5 Å². The molecule has 0 bridgehead atoms. The van der Waals surface area contributed by atoms with E-state index in [2.05, 4.69) is 0 Å². The summed E-state index contributed by atoms with van der Waals surface area (Å²) in [5.41, 5.74) is 7.22. The largest absolute Gasteiger partial charge is 0.481 e. The van der Waals surface area contributed by atoms with Gasteiger partial charge in [-0.25, -0.2) is 0 Å². The van der Waals surface area contributed by atoms with E-state index in [1.807, 2.05) is 6.92 Å². The number of carboxylic acid groups (broad SMARTS) is 1. The summed E-state index contributed by atoms with van der Waals surface area (Å²) in [7, 11) is 0. The molecular formula is C11H12ClNO4. The van der Waals surface area contributed by atoms with Gasteiger partial charge >= 0.3 is 5.97 Å². The van der Waals surface area contributed by atoms with Crippen LogP contribution < -0.4 is 15.2 Å². The third-order valence-corrected chi connectivity index (χ3v) is 2.99. The van der Waals surface area contributed by atoms with Crippen LogP contribution in [0.3, 0.4) is 0 Å². The molecule has 0 saturated heterocycles. The molecule has 1 aromatic rings. The molecule has 3 N–H and O–H groups in total. The molecule has 0 fully saturated rings. The number of nitrogens with two attached hydrogens (primary N) is 1. The Labute approximate surface area is 103 Å². The summed E-state index contributed by atoms with van der Waals surface area (Å²) in [6, 6.07) is 1.10. The van der Waals surface area contributed by atoms with Gasteiger partial charge in [0.2, 0.25) is 6.79 Å². The highest BCUT2D eigenvalue weighted by molar-refractivity contribution is 6.33. The smallest absolute Gasteiger partial charge is 0.305 e. The van der Waals surface area contributed by atoms with Crippen LogP contribution in [0.4, 0.5) is 0 Å². The number of benzene rings is 1. The first-order chi connectivity index (χ1) is 8.00. The standard InChI is InChI=1S/C11H12ClNO4/c1-5-2-7-11(17-4-16-7)10(12)9(5)6(13)3-8(14)15/h2,6H,3-4,13H2,1H3,(H,14,15). The van der Waals surface area contributed by atoms with Gasteiger partial charge in [-0.3, -0.25) is 4.79 Å². The maximum atomic E-state index is 10.7. The molecule has 0 spiro atoms. The Morgan fingerprint density at radius 3 is 3.00 bits per heavy atom. The van der Waals surface area contributed by atoms with Crippen molar-refractivity contribution in [3.63, 3.8) is 0 Å². The zero-order valence-corrected chi connectivity index (χ0v) is 9.95. The summed E-state index contributed by atoms with van der Waals surface area (Å²) in [4.78, 5) is 10.7. The second-order valence-corrected chi connectivity index (χ2v) is 4.24. The van der Waals surface area contributed by atoms with Gasteiger partial charge in [-0.2, -0.15) is 0 Å². The number of hydrogen-bond acceptors (Lipinski definition) is 4. The first-order valence-corrected chi connectivity index (χ1v) is 5.44. The van der Waals surface area contributed by atoms with Crippen molar-refractivity contribution < 1.29 is 19.4 Å². The number of ether oxygens (including phenoxy) is 2. The van der Waals surface area contributed by atoms with Crippen LogP contribution in [-0.4, -0.2) is 17.9 Å². The van der Waals surface area contributed by atoms with Gasteiger partial charge in [-0.1, -0.05) is 11.6 Å². The summed E-state index contributed by atoms with van der Waals surface area (Å²) in [5, 5.41) is 9.08. The minimum Gasteiger partial charge on any atom is -0.481 e. The Balaban J connectivity index is 2.44. The zero-order valence-electron chi connectivity index (χ0n) is 9.20. The second-order valence-electron chi connectivity index (χ2n) is 3.86. The molecule has 1 aliphatic heterocycles. The summed E-state index contributed by atoms with van der Waals surface area (Å²) in [5.74, 6) is 0.0394. The van der Waals surface area contributed by atoms with E-state index in [0.717, 1.165) is 5.56 Å². The van der Waals surface area contributed by atoms with E-state index >= 15 is 0 Å². The van der Waals surface area contributed by atoms with Crippen LogP contribution >= 0.6 is 11.6 Å². The van der Waals surface area contributed by atoms with Gasteiger partial charge in [0.1, 0.15) is 0 Å². The molecule has 0 amide bonds. The lowest BCUT2D eigenvalue weighted by Crippen LogP contribution is -2.16. The molecule has 17 heavy (non-hydrogen) atoms. The van der Waals surface area contributed by atoms with Gasteiger partial charge in [0.15, 0.2) is 11.5 Å². The number of aliphatic carboxylic acids is 1. The van der Waals surface area contributed by atoms with Crippen LogP contribution in [-0.2, 0) is 4.79 Å². The lowest BCUT2D eigenvalue weighted by Gasteiger charge is -2.16. The number of hydrogen-bond donors (Lipinski definition) is 2. The SMILES string of the molecule is Cc1cc2c(c(Cl)c1C(N)CC(=O)O)OCO2. The molecular weight excluding hydrogens is 246 g/mol. The maximum Gasteiger partial charge on any atom is 0.305 e. The number of carboxylic acids is 1. The topological polar surface area (TPSA) is 81.8 Å². The van der Waals surface area contributed by atoms with Crippen molar-refractivity contribution in [2.75, 3.05) is 6.79 Å². The van der Waals surface area contributed by atoms with E-state index in [9.17, 15) is 4.79 Å². The molecule has 1 heterocycles. The van der Waals surface area contributed by atoms with Gasteiger partial charge in [0, 0.05) is 6.04 Å². The average Bonchev–Trinajstić information content (AvgIpc) is 2.64. The van der Waals surface area contributed by atoms with Crippen molar-refractivity contribution in [1.82, 2.24) is 0 Å². The first-order valence-electron chi connectivity index (χ1n) is 5.06. The summed E-state index contributed by atoms with van der Waals surface area (Å²) in [6.07, 6.45) is -0.180. The van der Waals surface area contributed by atoms with Crippen LogP contribution in [0, 0.1) is 6.92 Å². The van der Waals surface area contributed by atoms with Crippen molar-refractivity contribution >= 4 is 17.6 Å². The predicted octanol–water partition coefficient (Wildman–Crippen LogP) is 1.85. The fourth-order valence-electron chi connectivity index (χ4n) is 1.88. The summed E-state index contributed by atoms with van der Waals surface area (Å²) >= 11 is 6.16. The van der Waals surface area contributed by atoms with E-state index in [4.69, 9.17) is 31.9 Å². The molecule has 0 radical (unpaired) electrons. The van der Waals surface area contributed by atoms with Gasteiger partial charge in [-0.15, -0.1) is 0 Å². The Morgan fingerprint density at radius 1 is 1.65 bits per heavy atom. The Bertz CT molecular complexity index is 475. The number of fused-ring (bicyclic) bond motifs is 1. The molecule has 1 unspecified atom stereocenters. The Morgan fingerprint density at radius 2 is 2.35 bits per heavy atom. The summed E-state index contributed by atoms with van der Waals surface area (Å²) in [6.45, 7) is 1.93. The Kier molecular flexibility index (Phi) is 3.13. The molecule has 6 heteroatoms. The molecule has 1 aliphatic rings. The Hall–Kier alpha value is -1.46. The highest BCUT2D eigenvalue weighted by Crippen LogP contribution is 2.44. The van der Waals surface area contributed by atoms with Gasteiger partial charge in [0.05, 0.1) is 11.4 Å². The second kappa shape index (κ2) is 4.43. The monoisotopic (exact) mass is 257 g/mol. The molecule has 0 saturated carbocycles. The highest BCUT2D eigenvalue weighted by Gasteiger charge is 2.25. The molecule has 0 aromatic heterocycles. The van der Waals surface area contributed by atoms with Crippen LogP contribution in [0.1, 0.15) is 23.6 Å². The van der Waals surface area contributed by atoms with Crippen LogP contribution in [0.15, 0.2) is 6.07 Å². The van der Waals surface area contributed by atoms with Gasteiger partial charge < -0.3 is 20.3 Å². The fraction of sp³-hybridized carbons (Fsp3) is 0.364. The van der Waals surface area contributed by atoms with Crippen LogP contribution in [0.25, 0.3) is 0 Å². The summed E-state index contributed by atoms with van der Waals surface area (Å²) < 4.78 is 10.4. The number of rotatable bonds is 3. The zero-order chi connectivity index (χ0) is 12.6. The molecule has 1 aromatic carbocycles. The molecule has 1 atom stereocenters. The number of halogens is 1. The maximum absolute atomic E-state index is 10.7. The van der Waals surface area contributed by atoms with Crippen LogP contribution in [0.2, 0.25) is 5.02 Å². The van der Waals surface area contributed by atoms with Crippen molar-refractivity contribution in [2.45, 2.75) is 19.4 Å². The normalized spacial score (nSPS) is 14.8. The van der Waals surface area contributed by atoms with E-state index in [0.29, 0.717) is 22.1 Å². The first kappa shape index (κ1) is 12.0. The molecule has 0 aliphatic carbocycles. The fourth-order valence-corrected chi connectivity index (χ4v) is 2.32. The van der Waals surface area contributed by atoms with Crippen molar-refractivity contribution in [2.24, 2.45) is 5.73 Å². The minimum atomic E-state index is -0.967. The van der Waals surface area contributed by atoms with Crippen molar-refractivity contribution in [3.05, 3.63) is 22.2 Å². The number of carbonyl (C=O) groups is 1. The predicted molar refractivity (Wildman–Crippen MR) is 61.5 cm³/mol. The number of aryl methyl sites for hydroxylation is 1. The third-order valence-electron chi connectivity index (χ3n) is 2.62. The van der Waals surface area contributed by atoms with Crippen molar-refractivity contribution in [1.29, 1.82) is 0 Å². The lowest BCUT2D eigenvalue weighted by molar-refractivity contribution is -0.137. The molecule has 92 valence electrons. The average molecular weight is 258 g/mol. The third kappa shape index (κ3) is 2.16. The van der Waals surface area contributed by atoms with E-state index in [1.54, 1.807) is 6.07 Å².